The molecule has 0 saturated heterocycles. The normalized spacial score (nSPS) is 11.0. The van der Waals surface area contributed by atoms with E-state index in [1.165, 1.54) is 17.4 Å². The number of carbonyl (C=O) groups is 1. The molecule has 0 N–H and O–H groups in total. The molecule has 0 bridgehead atoms. The molecule has 2 aromatic heterocycles. The van der Waals surface area contributed by atoms with Gasteiger partial charge in [-0.15, -0.1) is 11.8 Å². The van der Waals surface area contributed by atoms with Gasteiger partial charge in [-0.3, -0.25) is 4.79 Å². The molecular weight excluding hydrogens is 402 g/mol. The summed E-state index contributed by atoms with van der Waals surface area (Å²) in [4.78, 5) is 26.3. The molecule has 0 spiro atoms. The lowest BCUT2D eigenvalue weighted by Crippen LogP contribution is -2.26. The number of methoxy groups -OCH3 is 1. The summed E-state index contributed by atoms with van der Waals surface area (Å²) < 4.78 is 11.3. The molecule has 0 amide bonds. The Morgan fingerprint density at radius 2 is 1.93 bits per heavy atom. The number of hydrogen-bond acceptors (Lipinski definition) is 7. The van der Waals surface area contributed by atoms with Crippen molar-refractivity contribution in [3.63, 3.8) is 0 Å². The molecule has 7 nitrogen and oxygen atoms in total. The van der Waals surface area contributed by atoms with Gasteiger partial charge in [-0.2, -0.15) is 5.10 Å². The average molecular weight is 421 g/mol. The number of benzene rings is 2. The summed E-state index contributed by atoms with van der Waals surface area (Å²) in [7, 11) is 1.29. The Bertz CT molecular complexity index is 1260. The molecule has 0 radical (unpaired) electrons. The molecule has 2 heterocycles. The van der Waals surface area contributed by atoms with Crippen LogP contribution in [0.1, 0.15) is 27.5 Å². The zero-order chi connectivity index (χ0) is 21.1. The maximum Gasteiger partial charge on any atom is 0.359 e. The fourth-order valence-electron chi connectivity index (χ4n) is 3.09. The zero-order valence-electron chi connectivity index (χ0n) is 16.5. The van der Waals surface area contributed by atoms with Gasteiger partial charge in [0.05, 0.1) is 18.2 Å². The second-order valence-electron chi connectivity index (χ2n) is 6.72. The van der Waals surface area contributed by atoms with E-state index in [1.807, 2.05) is 24.3 Å². The van der Waals surface area contributed by atoms with Crippen LogP contribution in [0.15, 0.2) is 68.8 Å². The van der Waals surface area contributed by atoms with Gasteiger partial charge in [-0.05, 0) is 24.6 Å². The fourth-order valence-corrected chi connectivity index (χ4v) is 3.98. The number of aromatic nitrogens is 3. The number of ether oxygens (including phenoxy) is 1. The second-order valence-corrected chi connectivity index (χ2v) is 7.77. The van der Waals surface area contributed by atoms with Crippen LogP contribution in [-0.4, -0.2) is 28.0 Å². The van der Waals surface area contributed by atoms with Crippen molar-refractivity contribution >= 4 is 28.5 Å². The third kappa shape index (κ3) is 4.13. The molecule has 8 heteroatoms. The van der Waals surface area contributed by atoms with Gasteiger partial charge in [0, 0.05) is 22.1 Å². The van der Waals surface area contributed by atoms with Gasteiger partial charge in [0.15, 0.2) is 11.5 Å². The lowest BCUT2D eigenvalue weighted by molar-refractivity contribution is 0.0593. The molecule has 152 valence electrons. The lowest BCUT2D eigenvalue weighted by atomic mass is 10.1. The number of fused-ring (bicyclic) bond motifs is 1. The summed E-state index contributed by atoms with van der Waals surface area (Å²) in [5, 5.41) is 8.93. The molecule has 0 fully saturated rings. The molecule has 0 aliphatic rings. The van der Waals surface area contributed by atoms with Crippen molar-refractivity contribution in [2.45, 2.75) is 24.1 Å². The maximum atomic E-state index is 13.1. The van der Waals surface area contributed by atoms with E-state index in [4.69, 9.17) is 9.26 Å². The number of nitrogens with zero attached hydrogens (tertiary/aromatic N) is 3. The summed E-state index contributed by atoms with van der Waals surface area (Å²) in [6.45, 7) is 1.86. The molecule has 0 aliphatic carbocycles. The monoisotopic (exact) mass is 421 g/mol. The third-order valence-electron chi connectivity index (χ3n) is 4.54. The first-order chi connectivity index (χ1) is 14.5. The van der Waals surface area contributed by atoms with E-state index in [9.17, 15) is 9.59 Å². The smallest absolute Gasteiger partial charge is 0.359 e. The summed E-state index contributed by atoms with van der Waals surface area (Å²) in [5.41, 5.74) is 1.66. The Hall–Kier alpha value is -3.39. The number of rotatable bonds is 6. The Morgan fingerprint density at radius 1 is 1.13 bits per heavy atom. The van der Waals surface area contributed by atoms with Crippen molar-refractivity contribution in [1.29, 1.82) is 0 Å². The van der Waals surface area contributed by atoms with Gasteiger partial charge in [0.2, 0.25) is 0 Å². The van der Waals surface area contributed by atoms with Gasteiger partial charge in [-0.25, -0.2) is 9.48 Å². The van der Waals surface area contributed by atoms with Crippen LogP contribution in [0.4, 0.5) is 0 Å². The lowest BCUT2D eigenvalue weighted by Gasteiger charge is -2.10. The van der Waals surface area contributed by atoms with Gasteiger partial charge in [0.25, 0.3) is 5.56 Å². The van der Waals surface area contributed by atoms with Crippen LogP contribution in [0.25, 0.3) is 10.8 Å². The van der Waals surface area contributed by atoms with Crippen LogP contribution in [0.5, 0.6) is 0 Å². The highest BCUT2D eigenvalue weighted by Gasteiger charge is 2.19. The largest absolute Gasteiger partial charge is 0.464 e. The van der Waals surface area contributed by atoms with E-state index < -0.39 is 5.97 Å². The Labute approximate surface area is 176 Å². The van der Waals surface area contributed by atoms with Gasteiger partial charge >= 0.3 is 5.97 Å². The number of hydrogen-bond donors (Lipinski definition) is 0. The van der Waals surface area contributed by atoms with Crippen LogP contribution < -0.4 is 5.56 Å². The molecule has 4 aromatic rings. The van der Waals surface area contributed by atoms with Crippen molar-refractivity contribution in [3.05, 3.63) is 87.7 Å². The topological polar surface area (TPSA) is 87.2 Å². The van der Waals surface area contributed by atoms with Crippen molar-refractivity contribution in [1.82, 2.24) is 14.9 Å². The van der Waals surface area contributed by atoms with Crippen molar-refractivity contribution < 1.29 is 14.1 Å². The van der Waals surface area contributed by atoms with Crippen molar-refractivity contribution in [2.75, 3.05) is 7.11 Å². The zero-order valence-corrected chi connectivity index (χ0v) is 17.3. The fraction of sp³-hybridized carbons (Fsp3) is 0.182. The number of carbonyl (C=O) groups excluding carboxylic acids is 1. The molecular formula is C22H19N3O4S. The third-order valence-corrected chi connectivity index (χ3v) is 5.61. The number of aryl methyl sites for hydroxylation is 1. The first-order valence-corrected chi connectivity index (χ1v) is 10.3. The average Bonchev–Trinajstić information content (AvgIpc) is 3.19. The Kier molecular flexibility index (Phi) is 5.67. The summed E-state index contributed by atoms with van der Waals surface area (Å²) in [5.74, 6) is 0.645. The molecule has 0 atom stereocenters. The van der Waals surface area contributed by atoms with Crippen LogP contribution >= 0.6 is 11.8 Å². The molecule has 4 rings (SSSR count). The van der Waals surface area contributed by atoms with Crippen molar-refractivity contribution in [3.8, 4) is 0 Å². The maximum absolute atomic E-state index is 13.1. The van der Waals surface area contributed by atoms with Crippen LogP contribution in [0.2, 0.25) is 0 Å². The highest BCUT2D eigenvalue weighted by molar-refractivity contribution is 7.98. The summed E-state index contributed by atoms with van der Waals surface area (Å²) in [6.07, 6.45) is 0. The summed E-state index contributed by atoms with van der Waals surface area (Å²) in [6, 6.07) is 17.2. The highest BCUT2D eigenvalue weighted by atomic mass is 32.2. The Morgan fingerprint density at radius 3 is 2.63 bits per heavy atom. The summed E-state index contributed by atoms with van der Waals surface area (Å²) >= 11 is 1.62. The predicted octanol–water partition coefficient (Wildman–Crippen LogP) is 3.82. The van der Waals surface area contributed by atoms with E-state index in [-0.39, 0.29) is 17.8 Å². The van der Waals surface area contributed by atoms with Gasteiger partial charge in [0.1, 0.15) is 6.54 Å². The molecule has 30 heavy (non-hydrogen) atoms. The highest BCUT2D eigenvalue weighted by Crippen LogP contribution is 2.26. The van der Waals surface area contributed by atoms with E-state index in [1.54, 1.807) is 36.9 Å². The standard InChI is InChI=1S/C22H19N3O4S/c1-14-10-16(29-24-14)12-25-21(26)19-11-17(30-13-15-6-4-3-5-7-15)8-9-18(19)20(23-25)22(27)28-2/h3-11H,12-13H2,1-2H3. The SMILES string of the molecule is COC(=O)c1nn(Cc2cc(C)no2)c(=O)c2cc(SCc3ccccc3)ccc12. The first kappa shape index (κ1) is 19.9. The van der Waals surface area contributed by atoms with E-state index in [0.29, 0.717) is 22.2 Å². The molecule has 0 unspecified atom stereocenters. The molecule has 0 saturated carbocycles. The van der Waals surface area contributed by atoms with E-state index >= 15 is 0 Å². The predicted molar refractivity (Wildman–Crippen MR) is 114 cm³/mol. The number of thioether (sulfide) groups is 1. The van der Waals surface area contributed by atoms with Crippen molar-refractivity contribution in [2.24, 2.45) is 0 Å². The molecule has 2 aromatic carbocycles. The minimum absolute atomic E-state index is 0.0704. The quantitative estimate of drug-likeness (QED) is 0.345. The van der Waals surface area contributed by atoms with Gasteiger partial charge in [-0.1, -0.05) is 41.6 Å². The minimum Gasteiger partial charge on any atom is -0.464 e. The van der Waals surface area contributed by atoms with Crippen LogP contribution in [-0.2, 0) is 17.0 Å². The minimum atomic E-state index is -0.604. The van der Waals surface area contributed by atoms with E-state index in [0.717, 1.165) is 10.6 Å². The molecule has 0 aliphatic heterocycles. The van der Waals surface area contributed by atoms with Gasteiger partial charge < -0.3 is 9.26 Å². The van der Waals surface area contributed by atoms with Crippen LogP contribution in [0, 0.1) is 6.92 Å². The Balaban J connectivity index is 1.75. The van der Waals surface area contributed by atoms with E-state index in [2.05, 4.69) is 22.4 Å². The number of esters is 1. The second kappa shape index (κ2) is 8.54. The van der Waals surface area contributed by atoms with Crippen LogP contribution in [0.3, 0.4) is 0 Å². The first-order valence-electron chi connectivity index (χ1n) is 9.27.